The van der Waals surface area contributed by atoms with Crippen molar-refractivity contribution in [2.75, 3.05) is 0 Å². The second-order valence-corrected chi connectivity index (χ2v) is 8.91. The van der Waals surface area contributed by atoms with E-state index in [0.717, 1.165) is 0 Å². The first-order valence-electron chi connectivity index (χ1n) is 3.72. The van der Waals surface area contributed by atoms with Crippen molar-refractivity contribution in [1.29, 1.82) is 0 Å². The smallest absolute Gasteiger partial charge is 0.180 e. The quantitative estimate of drug-likeness (QED) is 0.467. The van der Waals surface area contributed by atoms with Gasteiger partial charge in [-0.05, 0) is 18.6 Å². The summed E-state index contributed by atoms with van der Waals surface area (Å²) in [6.07, 6.45) is 1.65. The van der Waals surface area contributed by atoms with Gasteiger partial charge in [0.1, 0.15) is 0 Å². The molecule has 0 aliphatic heterocycles. The van der Waals surface area contributed by atoms with Crippen LogP contribution in [-0.2, 0) is 4.79 Å². The highest BCUT2D eigenvalue weighted by atomic mass is 28.3. The fourth-order valence-electron chi connectivity index (χ4n) is 0.468. The Morgan fingerprint density at radius 2 is 1.82 bits per heavy atom. The van der Waals surface area contributed by atoms with Gasteiger partial charge in [0.15, 0.2) is 5.78 Å². The molecule has 0 aromatic heterocycles. The maximum Gasteiger partial charge on any atom is 0.180 e. The summed E-state index contributed by atoms with van der Waals surface area (Å²) in [4.78, 5) is 11.0. The van der Waals surface area contributed by atoms with Crippen LogP contribution < -0.4 is 0 Å². The number of allylic oxidation sites excluding steroid dienone is 2. The third kappa shape index (κ3) is 5.79. The molecule has 0 bridgehead atoms. The Morgan fingerprint density at radius 1 is 1.36 bits per heavy atom. The fourth-order valence-corrected chi connectivity index (χ4v) is 1.12. The lowest BCUT2D eigenvalue weighted by molar-refractivity contribution is -0.111. The maximum absolute atomic E-state index is 11.0. The van der Waals surface area contributed by atoms with Crippen LogP contribution in [0.5, 0.6) is 0 Å². The topological polar surface area (TPSA) is 17.1 Å². The third-order valence-electron chi connectivity index (χ3n) is 1.16. The minimum absolute atomic E-state index is 0.0485. The van der Waals surface area contributed by atoms with Gasteiger partial charge in [-0.1, -0.05) is 31.9 Å². The molecule has 0 N–H and O–H groups in total. The van der Waals surface area contributed by atoms with Crippen LogP contribution >= 0.6 is 0 Å². The van der Waals surface area contributed by atoms with Crippen LogP contribution in [0.3, 0.4) is 0 Å². The van der Waals surface area contributed by atoms with Crippen LogP contribution in [0.15, 0.2) is 23.9 Å². The van der Waals surface area contributed by atoms with Gasteiger partial charge in [-0.2, -0.15) is 0 Å². The standard InChI is InChI=1S/C9H16OSi/c1-8(2)9(10)6-7-11(3,4)5/h6-7H,1H2,2-5H3. The molecule has 0 radical (unpaired) electrons. The third-order valence-corrected chi connectivity index (χ3v) is 2.32. The number of rotatable bonds is 3. The van der Waals surface area contributed by atoms with Gasteiger partial charge in [0.2, 0.25) is 0 Å². The molecule has 0 atom stereocenters. The summed E-state index contributed by atoms with van der Waals surface area (Å²) >= 11 is 0. The monoisotopic (exact) mass is 168 g/mol. The molecule has 62 valence electrons. The zero-order chi connectivity index (χ0) is 9.07. The van der Waals surface area contributed by atoms with Crippen molar-refractivity contribution in [3.63, 3.8) is 0 Å². The number of ketones is 1. The summed E-state index contributed by atoms with van der Waals surface area (Å²) in [7, 11) is -1.21. The summed E-state index contributed by atoms with van der Waals surface area (Å²) in [5, 5.41) is 0. The molecule has 0 heterocycles. The lowest BCUT2D eigenvalue weighted by Crippen LogP contribution is -2.16. The predicted molar refractivity (Wildman–Crippen MR) is 52.3 cm³/mol. The second kappa shape index (κ2) is 3.67. The molecule has 0 spiro atoms. The van der Waals surface area contributed by atoms with E-state index in [9.17, 15) is 4.79 Å². The van der Waals surface area contributed by atoms with E-state index in [4.69, 9.17) is 0 Å². The Bertz CT molecular complexity index is 196. The Hall–Kier alpha value is -0.633. The zero-order valence-electron chi connectivity index (χ0n) is 7.77. The Kier molecular flexibility index (Phi) is 3.46. The molecule has 0 unspecified atom stereocenters. The Morgan fingerprint density at radius 3 is 2.09 bits per heavy atom. The first-order chi connectivity index (χ1) is 4.83. The molecule has 2 heteroatoms. The average molecular weight is 168 g/mol. The zero-order valence-corrected chi connectivity index (χ0v) is 8.77. The molecule has 0 aromatic carbocycles. The van der Waals surface area contributed by atoms with Gasteiger partial charge in [0.25, 0.3) is 0 Å². The highest BCUT2D eigenvalue weighted by Crippen LogP contribution is 2.03. The number of hydrogen-bond donors (Lipinski definition) is 0. The van der Waals surface area contributed by atoms with E-state index >= 15 is 0 Å². The van der Waals surface area contributed by atoms with Crippen LogP contribution in [0.1, 0.15) is 6.92 Å². The predicted octanol–water partition coefficient (Wildman–Crippen LogP) is 2.57. The lowest BCUT2D eigenvalue weighted by Gasteiger charge is -2.07. The van der Waals surface area contributed by atoms with Crippen molar-refractivity contribution in [3.8, 4) is 0 Å². The molecule has 0 aliphatic rings. The highest BCUT2D eigenvalue weighted by Gasteiger charge is 2.07. The Labute approximate surface area is 69.8 Å². The number of carbonyl (C=O) groups excluding carboxylic acids is 1. The molecule has 0 fully saturated rings. The number of carbonyl (C=O) groups is 1. The van der Waals surface area contributed by atoms with Gasteiger partial charge < -0.3 is 0 Å². The van der Waals surface area contributed by atoms with E-state index in [1.54, 1.807) is 13.0 Å². The average Bonchev–Trinajstić information content (AvgIpc) is 1.80. The van der Waals surface area contributed by atoms with E-state index in [1.807, 2.05) is 5.70 Å². The van der Waals surface area contributed by atoms with Gasteiger partial charge in [0.05, 0.1) is 8.07 Å². The summed E-state index contributed by atoms with van der Waals surface area (Å²) < 4.78 is 0. The number of hydrogen-bond acceptors (Lipinski definition) is 1. The molecule has 0 rings (SSSR count). The van der Waals surface area contributed by atoms with Crippen LogP contribution in [0.4, 0.5) is 0 Å². The first kappa shape index (κ1) is 10.4. The second-order valence-electron chi connectivity index (χ2n) is 3.84. The maximum atomic E-state index is 11.0. The minimum Gasteiger partial charge on any atom is -0.290 e. The molecule has 0 saturated heterocycles. The molecule has 11 heavy (non-hydrogen) atoms. The largest absolute Gasteiger partial charge is 0.290 e. The van der Waals surface area contributed by atoms with Crippen molar-refractivity contribution in [2.45, 2.75) is 26.6 Å². The summed E-state index contributed by atoms with van der Waals surface area (Å²) in [5.74, 6) is 0.0485. The molecular formula is C9H16OSi. The van der Waals surface area contributed by atoms with E-state index in [0.29, 0.717) is 5.57 Å². The molecule has 0 amide bonds. The van der Waals surface area contributed by atoms with Gasteiger partial charge in [-0.3, -0.25) is 4.79 Å². The molecule has 0 saturated carbocycles. The highest BCUT2D eigenvalue weighted by molar-refractivity contribution is 6.81. The van der Waals surface area contributed by atoms with Crippen molar-refractivity contribution < 1.29 is 4.79 Å². The lowest BCUT2D eigenvalue weighted by atomic mass is 10.2. The van der Waals surface area contributed by atoms with Gasteiger partial charge in [-0.15, -0.1) is 0 Å². The fraction of sp³-hybridized carbons (Fsp3) is 0.444. The van der Waals surface area contributed by atoms with Gasteiger partial charge in [-0.25, -0.2) is 0 Å². The minimum atomic E-state index is -1.21. The van der Waals surface area contributed by atoms with Crippen LogP contribution in [0.25, 0.3) is 0 Å². The summed E-state index contributed by atoms with van der Waals surface area (Å²) in [6.45, 7) is 11.9. The summed E-state index contributed by atoms with van der Waals surface area (Å²) in [5.41, 5.74) is 2.64. The van der Waals surface area contributed by atoms with E-state index in [1.165, 1.54) is 0 Å². The van der Waals surface area contributed by atoms with Crippen molar-refractivity contribution >= 4 is 13.9 Å². The molecule has 0 aromatic rings. The van der Waals surface area contributed by atoms with Crippen LogP contribution in [0, 0.1) is 0 Å². The van der Waals surface area contributed by atoms with Crippen molar-refractivity contribution in [2.24, 2.45) is 0 Å². The van der Waals surface area contributed by atoms with E-state index < -0.39 is 8.07 Å². The van der Waals surface area contributed by atoms with Gasteiger partial charge >= 0.3 is 0 Å². The normalized spacial score (nSPS) is 12.0. The van der Waals surface area contributed by atoms with E-state index in [-0.39, 0.29) is 5.78 Å². The summed E-state index contributed by atoms with van der Waals surface area (Å²) in [6, 6.07) is 0. The van der Waals surface area contributed by atoms with Crippen molar-refractivity contribution in [3.05, 3.63) is 23.9 Å². The van der Waals surface area contributed by atoms with Crippen LogP contribution in [0.2, 0.25) is 19.6 Å². The van der Waals surface area contributed by atoms with Crippen LogP contribution in [-0.4, -0.2) is 13.9 Å². The van der Waals surface area contributed by atoms with Crippen molar-refractivity contribution in [1.82, 2.24) is 0 Å². The van der Waals surface area contributed by atoms with Gasteiger partial charge in [0, 0.05) is 0 Å². The first-order valence-corrected chi connectivity index (χ1v) is 7.30. The van der Waals surface area contributed by atoms with E-state index in [2.05, 4.69) is 26.2 Å². The molecular weight excluding hydrogens is 152 g/mol. The Balaban J connectivity index is 4.16. The SMILES string of the molecule is C=C(C)C(=O)C=C[Si](C)(C)C. The molecule has 0 aliphatic carbocycles. The molecule has 1 nitrogen and oxygen atoms in total.